The molecule has 0 spiro atoms. The van der Waals surface area contributed by atoms with Gasteiger partial charge in [-0.1, -0.05) is 5.16 Å². The van der Waals surface area contributed by atoms with Gasteiger partial charge < -0.3 is 19.9 Å². The van der Waals surface area contributed by atoms with Gasteiger partial charge in [0.05, 0.1) is 12.6 Å². The Morgan fingerprint density at radius 2 is 2.27 bits per heavy atom. The summed E-state index contributed by atoms with van der Waals surface area (Å²) in [5.74, 6) is 2.22. The molecule has 0 radical (unpaired) electrons. The van der Waals surface area contributed by atoms with E-state index in [0.29, 0.717) is 11.7 Å². The molecule has 8 heteroatoms. The van der Waals surface area contributed by atoms with Gasteiger partial charge in [0.15, 0.2) is 11.8 Å². The molecule has 126 valence electrons. The fraction of sp³-hybridized carbons (Fsp3) is 0.786. The number of nitrogens with one attached hydrogen (secondary N) is 2. The number of rotatable bonds is 7. The highest BCUT2D eigenvalue weighted by Crippen LogP contribution is 2.11. The van der Waals surface area contributed by atoms with Gasteiger partial charge in [0.25, 0.3) is 0 Å². The summed E-state index contributed by atoms with van der Waals surface area (Å²) >= 11 is 0. The van der Waals surface area contributed by atoms with Crippen molar-refractivity contribution in [1.82, 2.24) is 20.8 Å². The minimum absolute atomic E-state index is 0. The zero-order valence-corrected chi connectivity index (χ0v) is 15.6. The second-order valence-corrected chi connectivity index (χ2v) is 5.12. The minimum Gasteiger partial charge on any atom is -0.376 e. The summed E-state index contributed by atoms with van der Waals surface area (Å²) < 4.78 is 10.7. The highest BCUT2D eigenvalue weighted by Gasteiger charge is 2.14. The van der Waals surface area contributed by atoms with E-state index in [1.54, 1.807) is 0 Å². The molecule has 2 rings (SSSR count). The predicted molar refractivity (Wildman–Crippen MR) is 95.7 cm³/mol. The molecule has 0 aromatic carbocycles. The van der Waals surface area contributed by atoms with E-state index in [0.717, 1.165) is 57.9 Å². The highest BCUT2D eigenvalue weighted by molar-refractivity contribution is 14.0. The molecule has 22 heavy (non-hydrogen) atoms. The second kappa shape index (κ2) is 10.8. The first-order valence-corrected chi connectivity index (χ1v) is 7.71. The molecular formula is C14H26IN5O2. The van der Waals surface area contributed by atoms with E-state index in [1.807, 2.05) is 6.92 Å². The maximum absolute atomic E-state index is 5.58. The van der Waals surface area contributed by atoms with Crippen molar-refractivity contribution in [3.05, 3.63) is 11.7 Å². The third kappa shape index (κ3) is 6.91. The van der Waals surface area contributed by atoms with Crippen LogP contribution in [0.5, 0.6) is 0 Å². The van der Waals surface area contributed by atoms with Crippen LogP contribution in [-0.2, 0) is 11.2 Å². The van der Waals surface area contributed by atoms with Crippen LogP contribution >= 0.6 is 24.0 Å². The smallest absolute Gasteiger partial charge is 0.226 e. The van der Waals surface area contributed by atoms with E-state index in [9.17, 15) is 0 Å². The van der Waals surface area contributed by atoms with Crippen LogP contribution < -0.4 is 10.6 Å². The Kier molecular flexibility index (Phi) is 9.37. The third-order valence-corrected chi connectivity index (χ3v) is 3.25. The lowest BCUT2D eigenvalue weighted by molar-refractivity contribution is 0.117. The molecule has 1 atom stereocenters. The summed E-state index contributed by atoms with van der Waals surface area (Å²) in [5.41, 5.74) is 0. The van der Waals surface area contributed by atoms with Gasteiger partial charge in [-0.15, -0.1) is 24.0 Å². The first-order valence-electron chi connectivity index (χ1n) is 7.71. The lowest BCUT2D eigenvalue weighted by Crippen LogP contribution is -2.38. The number of hydrogen-bond acceptors (Lipinski definition) is 5. The van der Waals surface area contributed by atoms with Crippen molar-refractivity contribution in [2.75, 3.05) is 26.2 Å². The molecule has 1 aromatic rings. The first-order chi connectivity index (χ1) is 10.3. The van der Waals surface area contributed by atoms with Crippen LogP contribution in [-0.4, -0.2) is 48.4 Å². The zero-order chi connectivity index (χ0) is 14.9. The number of nitrogens with zero attached hydrogens (tertiary/aromatic N) is 3. The van der Waals surface area contributed by atoms with Crippen molar-refractivity contribution < 1.29 is 9.26 Å². The molecule has 2 heterocycles. The Labute approximate surface area is 148 Å². The number of ether oxygens (including phenoxy) is 1. The van der Waals surface area contributed by atoms with Crippen molar-refractivity contribution in [3.8, 4) is 0 Å². The molecule has 1 saturated heterocycles. The maximum Gasteiger partial charge on any atom is 0.226 e. The van der Waals surface area contributed by atoms with E-state index in [4.69, 9.17) is 9.26 Å². The van der Waals surface area contributed by atoms with E-state index < -0.39 is 0 Å². The van der Waals surface area contributed by atoms with E-state index in [1.165, 1.54) is 0 Å². The molecule has 7 nitrogen and oxygen atoms in total. The summed E-state index contributed by atoms with van der Waals surface area (Å²) in [4.78, 5) is 8.75. The molecule has 1 fully saturated rings. The zero-order valence-electron chi connectivity index (χ0n) is 13.3. The van der Waals surface area contributed by atoms with Gasteiger partial charge in [0, 0.05) is 26.1 Å². The van der Waals surface area contributed by atoms with Crippen LogP contribution in [0.25, 0.3) is 0 Å². The van der Waals surface area contributed by atoms with Crippen molar-refractivity contribution >= 4 is 29.9 Å². The summed E-state index contributed by atoms with van der Waals surface area (Å²) in [6.45, 7) is 7.14. The predicted octanol–water partition coefficient (Wildman–Crippen LogP) is 1.66. The Morgan fingerprint density at radius 3 is 2.91 bits per heavy atom. The van der Waals surface area contributed by atoms with E-state index in [-0.39, 0.29) is 30.1 Å². The largest absolute Gasteiger partial charge is 0.376 e. The molecular weight excluding hydrogens is 397 g/mol. The molecule has 0 amide bonds. The topological polar surface area (TPSA) is 84.6 Å². The van der Waals surface area contributed by atoms with Crippen LogP contribution in [0.4, 0.5) is 0 Å². The average Bonchev–Trinajstić information content (AvgIpc) is 3.12. The Morgan fingerprint density at radius 1 is 1.41 bits per heavy atom. The third-order valence-electron chi connectivity index (χ3n) is 3.25. The van der Waals surface area contributed by atoms with Gasteiger partial charge in [-0.3, -0.25) is 4.99 Å². The fourth-order valence-electron chi connectivity index (χ4n) is 2.21. The SMILES string of the molecule is CCNC(=NCC1CCCO1)NCCCc1nc(C)no1.I. The van der Waals surface area contributed by atoms with Crippen LogP contribution in [0.3, 0.4) is 0 Å². The summed E-state index contributed by atoms with van der Waals surface area (Å²) in [6, 6.07) is 0. The van der Waals surface area contributed by atoms with Crippen LogP contribution in [0.1, 0.15) is 37.9 Å². The summed E-state index contributed by atoms with van der Waals surface area (Å²) in [6.07, 6.45) is 4.24. The quantitative estimate of drug-likeness (QED) is 0.301. The Balaban J connectivity index is 0.00000242. The summed E-state index contributed by atoms with van der Waals surface area (Å²) in [5, 5.41) is 10.3. The van der Waals surface area contributed by atoms with Gasteiger partial charge in [-0.25, -0.2) is 0 Å². The molecule has 1 aromatic heterocycles. The van der Waals surface area contributed by atoms with Crippen molar-refractivity contribution in [1.29, 1.82) is 0 Å². The number of aryl methyl sites for hydroxylation is 2. The molecule has 1 aliphatic rings. The molecule has 1 unspecified atom stereocenters. The number of aromatic nitrogens is 2. The van der Waals surface area contributed by atoms with Gasteiger partial charge in [-0.2, -0.15) is 4.98 Å². The molecule has 0 aliphatic carbocycles. The highest BCUT2D eigenvalue weighted by atomic mass is 127. The number of guanidine groups is 1. The van der Waals surface area contributed by atoms with Gasteiger partial charge >= 0.3 is 0 Å². The number of aliphatic imine (C=N–C) groups is 1. The van der Waals surface area contributed by atoms with Gasteiger partial charge in [-0.05, 0) is 33.1 Å². The van der Waals surface area contributed by atoms with Crippen molar-refractivity contribution in [2.45, 2.75) is 45.6 Å². The van der Waals surface area contributed by atoms with E-state index >= 15 is 0 Å². The molecule has 0 bridgehead atoms. The van der Waals surface area contributed by atoms with Gasteiger partial charge in [0.1, 0.15) is 0 Å². The normalized spacial score (nSPS) is 18.1. The lowest BCUT2D eigenvalue weighted by Gasteiger charge is -2.12. The number of hydrogen-bond donors (Lipinski definition) is 2. The Bertz CT molecular complexity index is 446. The summed E-state index contributed by atoms with van der Waals surface area (Å²) in [7, 11) is 0. The van der Waals surface area contributed by atoms with Crippen LogP contribution in [0.15, 0.2) is 9.52 Å². The van der Waals surface area contributed by atoms with Crippen LogP contribution in [0, 0.1) is 6.92 Å². The Hall–Kier alpha value is -0.900. The number of halogens is 1. The minimum atomic E-state index is 0. The van der Waals surface area contributed by atoms with E-state index in [2.05, 4.69) is 32.7 Å². The van der Waals surface area contributed by atoms with Crippen LogP contribution in [0.2, 0.25) is 0 Å². The first kappa shape index (κ1) is 19.1. The van der Waals surface area contributed by atoms with Crippen molar-refractivity contribution in [2.24, 2.45) is 4.99 Å². The monoisotopic (exact) mass is 423 g/mol. The molecule has 0 saturated carbocycles. The van der Waals surface area contributed by atoms with Gasteiger partial charge in [0.2, 0.25) is 5.89 Å². The maximum atomic E-state index is 5.58. The molecule has 1 aliphatic heterocycles. The lowest BCUT2D eigenvalue weighted by atomic mass is 10.2. The second-order valence-electron chi connectivity index (χ2n) is 5.12. The fourth-order valence-corrected chi connectivity index (χ4v) is 2.21. The molecule has 2 N–H and O–H groups in total. The standard InChI is InChI=1S/C14H25N5O2.HI/c1-3-15-14(17-10-12-6-5-9-20-12)16-8-4-7-13-18-11(2)19-21-13;/h12H,3-10H2,1-2H3,(H2,15,16,17);1H. The van der Waals surface area contributed by atoms with Crippen molar-refractivity contribution in [3.63, 3.8) is 0 Å². The average molecular weight is 423 g/mol.